The van der Waals surface area contributed by atoms with Crippen LogP contribution < -0.4 is 0 Å². The first-order valence-corrected chi connectivity index (χ1v) is 14.6. The van der Waals surface area contributed by atoms with Crippen molar-refractivity contribution >= 4 is 17.1 Å². The highest BCUT2D eigenvalue weighted by Gasteiger charge is 2.38. The number of hydrogen-bond donors (Lipinski definition) is 0. The van der Waals surface area contributed by atoms with E-state index in [0.717, 1.165) is 0 Å². The fourth-order valence-electron chi connectivity index (χ4n) is 2.70. The van der Waals surface area contributed by atoms with E-state index in [9.17, 15) is 43.9 Å². The summed E-state index contributed by atoms with van der Waals surface area (Å²) < 4.78 is 151. The van der Waals surface area contributed by atoms with Gasteiger partial charge in [0.25, 0.3) is 0 Å². The van der Waals surface area contributed by atoms with Crippen molar-refractivity contribution in [3.05, 3.63) is 69.3 Å². The fourth-order valence-corrected chi connectivity index (χ4v) is 8.89. The van der Waals surface area contributed by atoms with Gasteiger partial charge in [-0.2, -0.15) is 0 Å². The molecule has 0 aliphatic rings. The van der Waals surface area contributed by atoms with Crippen LogP contribution in [0.5, 0.6) is 0 Å². The van der Waals surface area contributed by atoms with E-state index in [1.165, 1.54) is 26.2 Å². The van der Waals surface area contributed by atoms with Crippen LogP contribution in [0.3, 0.4) is 0 Å². The Labute approximate surface area is 183 Å². The van der Waals surface area contributed by atoms with E-state index in [1.807, 2.05) is 0 Å². The van der Waals surface area contributed by atoms with Crippen LogP contribution in [0.4, 0.5) is 43.9 Å². The second-order valence-electron chi connectivity index (χ2n) is 7.58. The van der Waals surface area contributed by atoms with E-state index in [4.69, 9.17) is 13.0 Å². The Morgan fingerprint density at radius 1 is 0.424 bits per heavy atom. The molecule has 0 heterocycles. The van der Waals surface area contributed by atoms with Gasteiger partial charge in [-0.05, 0) is 26.2 Å². The molecule has 3 nitrogen and oxygen atoms in total. The van der Waals surface area contributed by atoms with Crippen molar-refractivity contribution in [1.29, 1.82) is 0 Å². The van der Waals surface area contributed by atoms with Crippen LogP contribution in [0.25, 0.3) is 0 Å². The van der Waals surface area contributed by atoms with Gasteiger partial charge in [-0.1, -0.05) is 0 Å². The molecule has 0 radical (unpaired) electrons. The Balaban J connectivity index is 2.14. The molecule has 0 bridgehead atoms. The van der Waals surface area contributed by atoms with Gasteiger partial charge in [-0.25, -0.2) is 43.9 Å². The van der Waals surface area contributed by atoms with Crippen LogP contribution in [0.1, 0.15) is 11.1 Å². The quantitative estimate of drug-likeness (QED) is 0.177. The van der Waals surface area contributed by atoms with Crippen LogP contribution >= 0.6 is 0 Å². The van der Waals surface area contributed by atoms with Crippen molar-refractivity contribution in [1.82, 2.24) is 0 Å². The summed E-state index contributed by atoms with van der Waals surface area (Å²) in [6.45, 7) is 3.14. The molecule has 0 N–H and O–H groups in total. The third kappa shape index (κ3) is 5.76. The molecule has 2 rings (SSSR count). The van der Waals surface area contributed by atoms with Gasteiger partial charge in [0.05, 0.1) is 24.3 Å². The Kier molecular flexibility index (Phi) is 8.05. The molecule has 0 spiro atoms. The zero-order chi connectivity index (χ0) is 25.5. The molecule has 0 aromatic heterocycles. The number of benzene rings is 2. The molecule has 2 aromatic carbocycles. The predicted molar refractivity (Wildman–Crippen MR) is 98.1 cm³/mol. The lowest BCUT2D eigenvalue weighted by molar-refractivity contribution is 0.176. The van der Waals surface area contributed by atoms with E-state index in [-0.39, 0.29) is 0 Å². The van der Waals surface area contributed by atoms with Crippen LogP contribution in [0, 0.1) is 58.2 Å². The van der Waals surface area contributed by atoms with Crippen LogP contribution in [0.2, 0.25) is 26.2 Å². The molecule has 0 aliphatic carbocycles. The van der Waals surface area contributed by atoms with Crippen molar-refractivity contribution in [2.75, 3.05) is 0 Å². The van der Waals surface area contributed by atoms with Gasteiger partial charge in [-0.15, -0.1) is 0 Å². The highest BCUT2D eigenvalue weighted by Crippen LogP contribution is 2.28. The highest BCUT2D eigenvalue weighted by molar-refractivity contribution is 6.78. The standard InChI is InChI=1S/C18H16F10O3Si2/c1-32(2,29-5-7-9(19)13(23)17(27)14(24)10(7)20)31-33(3,4)30-6-8-11(21)15(25)18(28)16(26)12(8)22/h5-6H2,1-4H3. The summed E-state index contributed by atoms with van der Waals surface area (Å²) in [7, 11) is -6.89. The summed E-state index contributed by atoms with van der Waals surface area (Å²) in [4.78, 5) is 0. The lowest BCUT2D eigenvalue weighted by Crippen LogP contribution is -2.48. The molecule has 0 saturated carbocycles. The maximum absolute atomic E-state index is 13.8. The molecule has 0 saturated heterocycles. The maximum Gasteiger partial charge on any atom is 0.323 e. The molecule has 0 fully saturated rings. The topological polar surface area (TPSA) is 27.7 Å². The van der Waals surface area contributed by atoms with Crippen molar-refractivity contribution < 1.29 is 56.9 Å². The molecule has 0 aliphatic heterocycles. The molecular weight excluding hydrogens is 510 g/mol. The molecule has 2 aromatic rings. The largest absolute Gasteiger partial charge is 0.415 e. The van der Waals surface area contributed by atoms with E-state index in [2.05, 4.69) is 0 Å². The number of hydrogen-bond acceptors (Lipinski definition) is 3. The molecule has 0 atom stereocenters. The molecule has 33 heavy (non-hydrogen) atoms. The first kappa shape index (κ1) is 27.3. The minimum Gasteiger partial charge on any atom is -0.415 e. The average Bonchev–Trinajstić information content (AvgIpc) is 2.72. The minimum atomic E-state index is -3.44. The predicted octanol–water partition coefficient (Wildman–Crippen LogP) is 6.23. The number of halogens is 10. The first-order valence-electron chi connectivity index (χ1n) is 8.99. The minimum absolute atomic E-state index is 1.06. The summed E-state index contributed by atoms with van der Waals surface area (Å²) in [5.41, 5.74) is -2.48. The van der Waals surface area contributed by atoms with Crippen molar-refractivity contribution in [3.8, 4) is 0 Å². The molecule has 0 amide bonds. The van der Waals surface area contributed by atoms with Crippen molar-refractivity contribution in [2.24, 2.45) is 0 Å². The van der Waals surface area contributed by atoms with Gasteiger partial charge in [0.1, 0.15) is 0 Å². The summed E-state index contributed by atoms with van der Waals surface area (Å²) in [5, 5.41) is 0. The molecule has 0 unspecified atom stereocenters. The SMILES string of the molecule is C[Si](C)(OCc1c(F)c(F)c(F)c(F)c1F)O[Si](C)(C)OCc1c(F)c(F)c(F)c(F)c1F. The van der Waals surface area contributed by atoms with Gasteiger partial charge in [0, 0.05) is 0 Å². The summed E-state index contributed by atoms with van der Waals surface area (Å²) in [5.74, 6) is -21.7. The first-order chi connectivity index (χ1) is 15.0. The van der Waals surface area contributed by atoms with E-state index in [0.29, 0.717) is 0 Å². The van der Waals surface area contributed by atoms with Gasteiger partial charge in [0.2, 0.25) is 11.6 Å². The summed E-state index contributed by atoms with van der Waals surface area (Å²) in [6.07, 6.45) is 0. The monoisotopic (exact) mass is 526 g/mol. The van der Waals surface area contributed by atoms with E-state index >= 15 is 0 Å². The van der Waals surface area contributed by atoms with E-state index in [1.54, 1.807) is 0 Å². The van der Waals surface area contributed by atoms with E-state index < -0.39 is 99.6 Å². The van der Waals surface area contributed by atoms with Crippen LogP contribution in [-0.2, 0) is 26.2 Å². The zero-order valence-corrected chi connectivity index (χ0v) is 19.4. The van der Waals surface area contributed by atoms with Gasteiger partial charge in [0.15, 0.2) is 46.5 Å². The summed E-state index contributed by atoms with van der Waals surface area (Å²) >= 11 is 0. The Hall–Kier alpha value is -1.95. The lowest BCUT2D eigenvalue weighted by Gasteiger charge is -2.32. The average molecular weight is 526 g/mol. The highest BCUT2D eigenvalue weighted by atomic mass is 28.5. The van der Waals surface area contributed by atoms with Crippen molar-refractivity contribution in [2.45, 2.75) is 39.4 Å². The van der Waals surface area contributed by atoms with Gasteiger partial charge in [-0.3, -0.25) is 0 Å². The Bertz CT molecular complexity index is 937. The third-order valence-electron chi connectivity index (χ3n) is 4.22. The zero-order valence-electron chi connectivity index (χ0n) is 17.4. The molecule has 15 heteroatoms. The normalized spacial score (nSPS) is 12.5. The smallest absolute Gasteiger partial charge is 0.323 e. The van der Waals surface area contributed by atoms with Gasteiger partial charge >= 0.3 is 17.1 Å². The summed E-state index contributed by atoms with van der Waals surface area (Å²) in [6, 6.07) is 0. The van der Waals surface area contributed by atoms with Crippen molar-refractivity contribution in [3.63, 3.8) is 0 Å². The lowest BCUT2D eigenvalue weighted by atomic mass is 10.2. The molecule has 184 valence electrons. The second-order valence-corrected chi connectivity index (χ2v) is 14.6. The molecular formula is C18H16F10O3Si2. The second kappa shape index (κ2) is 9.73. The fraction of sp³-hybridized carbons (Fsp3) is 0.333. The maximum atomic E-state index is 13.8. The van der Waals surface area contributed by atoms with Crippen LogP contribution in [-0.4, -0.2) is 17.1 Å². The van der Waals surface area contributed by atoms with Crippen LogP contribution in [0.15, 0.2) is 0 Å². The third-order valence-corrected chi connectivity index (χ3v) is 9.83. The Morgan fingerprint density at radius 2 is 0.636 bits per heavy atom. The van der Waals surface area contributed by atoms with Gasteiger partial charge < -0.3 is 13.0 Å². The number of rotatable bonds is 8. The Morgan fingerprint density at radius 3 is 0.879 bits per heavy atom.